The van der Waals surface area contributed by atoms with E-state index in [1.54, 1.807) is 4.57 Å². The Labute approximate surface area is 139 Å². The number of nitrogens with zero attached hydrogens (tertiary/aromatic N) is 3. The van der Waals surface area contributed by atoms with Gasteiger partial charge in [-0.25, -0.2) is 4.79 Å². The minimum Gasteiger partial charge on any atom is -0.382 e. The molecule has 0 radical (unpaired) electrons. The van der Waals surface area contributed by atoms with E-state index in [9.17, 15) is 4.79 Å². The average Bonchev–Trinajstić information content (AvgIpc) is 2.87. The number of hydrogen-bond acceptors (Lipinski definition) is 5. The molecule has 0 saturated carbocycles. The van der Waals surface area contributed by atoms with E-state index in [2.05, 4.69) is 27.2 Å². The lowest BCUT2D eigenvalue weighted by Crippen LogP contribution is -2.18. The Morgan fingerprint density at radius 1 is 1.29 bits per heavy atom. The molecule has 0 atom stereocenters. The third kappa shape index (κ3) is 3.10. The molecule has 1 aromatic carbocycles. The SMILES string of the molecule is CCCCNc1nc(N)c2[nH]c(=O)n(Cc3ccccc3C)c2n1. The number of nitrogens with two attached hydrogens (primary N) is 1. The molecule has 0 spiro atoms. The van der Waals surface area contributed by atoms with Crippen molar-refractivity contribution in [2.75, 3.05) is 17.6 Å². The average molecular weight is 326 g/mol. The Morgan fingerprint density at radius 2 is 2.08 bits per heavy atom. The quantitative estimate of drug-likeness (QED) is 0.603. The van der Waals surface area contributed by atoms with Crippen molar-refractivity contribution in [3.05, 3.63) is 45.9 Å². The van der Waals surface area contributed by atoms with Crippen molar-refractivity contribution in [1.82, 2.24) is 19.5 Å². The first-order valence-electron chi connectivity index (χ1n) is 8.14. The summed E-state index contributed by atoms with van der Waals surface area (Å²) in [5, 5.41) is 3.16. The zero-order valence-corrected chi connectivity index (χ0v) is 14.0. The van der Waals surface area contributed by atoms with Crippen LogP contribution in [-0.2, 0) is 6.54 Å². The normalized spacial score (nSPS) is 11.1. The summed E-state index contributed by atoms with van der Waals surface area (Å²) in [7, 11) is 0. The van der Waals surface area contributed by atoms with Gasteiger partial charge in [-0.2, -0.15) is 9.97 Å². The first-order chi connectivity index (χ1) is 11.6. The number of benzene rings is 1. The Bertz CT molecular complexity index is 911. The first-order valence-corrected chi connectivity index (χ1v) is 8.14. The predicted molar refractivity (Wildman–Crippen MR) is 96.2 cm³/mol. The number of aromatic amines is 1. The summed E-state index contributed by atoms with van der Waals surface area (Å²) in [6.07, 6.45) is 2.09. The van der Waals surface area contributed by atoms with Gasteiger partial charge < -0.3 is 16.0 Å². The second kappa shape index (κ2) is 6.74. The third-order valence-electron chi connectivity index (χ3n) is 4.05. The van der Waals surface area contributed by atoms with Gasteiger partial charge in [0.1, 0.15) is 5.52 Å². The zero-order chi connectivity index (χ0) is 17.1. The lowest BCUT2D eigenvalue weighted by atomic mass is 10.1. The fourth-order valence-corrected chi connectivity index (χ4v) is 2.61. The number of aryl methyl sites for hydroxylation is 1. The molecule has 0 saturated heterocycles. The molecular formula is C17H22N6O. The van der Waals surface area contributed by atoms with Crippen LogP contribution in [0.15, 0.2) is 29.1 Å². The number of fused-ring (bicyclic) bond motifs is 1. The van der Waals surface area contributed by atoms with Crippen LogP contribution in [0.4, 0.5) is 11.8 Å². The van der Waals surface area contributed by atoms with E-state index in [0.717, 1.165) is 30.5 Å². The zero-order valence-electron chi connectivity index (χ0n) is 14.0. The van der Waals surface area contributed by atoms with Crippen LogP contribution in [0, 0.1) is 6.92 Å². The van der Waals surface area contributed by atoms with Gasteiger partial charge in [0.15, 0.2) is 11.5 Å². The van der Waals surface area contributed by atoms with Crippen LogP contribution in [-0.4, -0.2) is 26.1 Å². The monoisotopic (exact) mass is 326 g/mol. The number of hydrogen-bond donors (Lipinski definition) is 3. The number of aromatic nitrogens is 4. The fourth-order valence-electron chi connectivity index (χ4n) is 2.61. The van der Waals surface area contributed by atoms with E-state index in [1.165, 1.54) is 0 Å². The summed E-state index contributed by atoms with van der Waals surface area (Å²) in [5.74, 6) is 0.727. The van der Waals surface area contributed by atoms with E-state index >= 15 is 0 Å². The van der Waals surface area contributed by atoms with Crippen LogP contribution in [0.1, 0.15) is 30.9 Å². The van der Waals surface area contributed by atoms with Gasteiger partial charge in [-0.1, -0.05) is 37.6 Å². The minimum absolute atomic E-state index is 0.236. The molecule has 0 fully saturated rings. The summed E-state index contributed by atoms with van der Waals surface area (Å²) >= 11 is 0. The molecule has 4 N–H and O–H groups in total. The van der Waals surface area contributed by atoms with Crippen molar-refractivity contribution >= 4 is 22.9 Å². The Morgan fingerprint density at radius 3 is 2.83 bits per heavy atom. The number of rotatable bonds is 6. The third-order valence-corrected chi connectivity index (χ3v) is 4.05. The van der Waals surface area contributed by atoms with Crippen LogP contribution in [0.2, 0.25) is 0 Å². The van der Waals surface area contributed by atoms with Crippen molar-refractivity contribution in [2.45, 2.75) is 33.2 Å². The van der Waals surface area contributed by atoms with E-state index in [-0.39, 0.29) is 11.5 Å². The lowest BCUT2D eigenvalue weighted by molar-refractivity contribution is 0.772. The summed E-state index contributed by atoms with van der Waals surface area (Å²) in [5.41, 5.74) is 8.95. The molecule has 7 heteroatoms. The van der Waals surface area contributed by atoms with Gasteiger partial charge in [0.05, 0.1) is 6.54 Å². The number of unbranched alkanes of at least 4 members (excludes halogenated alkanes) is 1. The van der Waals surface area contributed by atoms with Gasteiger partial charge in [-0.05, 0) is 24.5 Å². The van der Waals surface area contributed by atoms with Crippen molar-refractivity contribution in [3.63, 3.8) is 0 Å². The molecule has 3 rings (SSSR count). The highest BCUT2D eigenvalue weighted by Gasteiger charge is 2.14. The van der Waals surface area contributed by atoms with Gasteiger partial charge in [0.2, 0.25) is 5.95 Å². The Kier molecular flexibility index (Phi) is 4.50. The summed E-state index contributed by atoms with van der Waals surface area (Å²) in [4.78, 5) is 23.8. The van der Waals surface area contributed by atoms with Gasteiger partial charge in [0, 0.05) is 6.54 Å². The number of nitrogens with one attached hydrogen (secondary N) is 2. The van der Waals surface area contributed by atoms with Crippen LogP contribution < -0.4 is 16.7 Å². The van der Waals surface area contributed by atoms with Crippen LogP contribution >= 0.6 is 0 Å². The fraction of sp³-hybridized carbons (Fsp3) is 0.353. The van der Waals surface area contributed by atoms with Gasteiger partial charge >= 0.3 is 5.69 Å². The maximum Gasteiger partial charge on any atom is 0.328 e. The number of anilines is 2. The van der Waals surface area contributed by atoms with Crippen molar-refractivity contribution in [1.29, 1.82) is 0 Å². The predicted octanol–water partition coefficient (Wildman–Crippen LogP) is 2.27. The number of H-pyrrole nitrogens is 1. The summed E-state index contributed by atoms with van der Waals surface area (Å²) in [6.45, 7) is 5.35. The molecular weight excluding hydrogens is 304 g/mol. The Hall–Kier alpha value is -2.83. The smallest absolute Gasteiger partial charge is 0.328 e. The number of nitrogen functional groups attached to an aromatic ring is 1. The largest absolute Gasteiger partial charge is 0.382 e. The highest BCUT2D eigenvalue weighted by atomic mass is 16.1. The second-order valence-electron chi connectivity index (χ2n) is 5.85. The molecule has 0 amide bonds. The van der Waals surface area contributed by atoms with E-state index in [1.807, 2.05) is 31.2 Å². The molecule has 7 nitrogen and oxygen atoms in total. The van der Waals surface area contributed by atoms with Crippen molar-refractivity contribution in [2.24, 2.45) is 0 Å². The Balaban J connectivity index is 2.02. The number of imidazole rings is 1. The molecule has 0 aliphatic carbocycles. The molecule has 0 bridgehead atoms. The molecule has 3 aromatic rings. The standard InChI is InChI=1S/C17H22N6O/c1-3-4-9-19-16-21-14(18)13-15(22-16)23(17(24)20-13)10-12-8-6-5-7-11(12)2/h5-8H,3-4,9-10H2,1-2H3,(H,20,24)(H3,18,19,21,22). The molecule has 0 unspecified atom stereocenters. The maximum atomic E-state index is 12.3. The molecule has 2 aromatic heterocycles. The van der Waals surface area contributed by atoms with Gasteiger partial charge in [0.25, 0.3) is 0 Å². The molecule has 126 valence electrons. The minimum atomic E-state index is -0.236. The molecule has 0 aliphatic rings. The van der Waals surface area contributed by atoms with Crippen LogP contribution in [0.5, 0.6) is 0 Å². The molecule has 24 heavy (non-hydrogen) atoms. The van der Waals surface area contributed by atoms with E-state index < -0.39 is 0 Å². The topological polar surface area (TPSA) is 102 Å². The first kappa shape index (κ1) is 16.0. The summed E-state index contributed by atoms with van der Waals surface area (Å²) in [6, 6.07) is 7.97. The van der Waals surface area contributed by atoms with E-state index in [4.69, 9.17) is 5.73 Å². The molecule has 2 heterocycles. The van der Waals surface area contributed by atoms with Gasteiger partial charge in [-0.15, -0.1) is 0 Å². The van der Waals surface area contributed by atoms with Crippen molar-refractivity contribution in [3.8, 4) is 0 Å². The van der Waals surface area contributed by atoms with Crippen LogP contribution in [0.3, 0.4) is 0 Å². The van der Waals surface area contributed by atoms with Gasteiger partial charge in [-0.3, -0.25) is 4.57 Å². The second-order valence-corrected chi connectivity index (χ2v) is 5.85. The maximum absolute atomic E-state index is 12.3. The highest BCUT2D eigenvalue weighted by molar-refractivity contribution is 5.82. The molecule has 0 aliphatic heterocycles. The van der Waals surface area contributed by atoms with Crippen molar-refractivity contribution < 1.29 is 0 Å². The highest BCUT2D eigenvalue weighted by Crippen LogP contribution is 2.18. The summed E-state index contributed by atoms with van der Waals surface area (Å²) < 4.78 is 1.60. The van der Waals surface area contributed by atoms with Crippen LogP contribution in [0.25, 0.3) is 11.2 Å². The van der Waals surface area contributed by atoms with E-state index in [0.29, 0.717) is 23.7 Å². The lowest BCUT2D eigenvalue weighted by Gasteiger charge is -2.08.